The van der Waals surface area contributed by atoms with Gasteiger partial charge in [-0.3, -0.25) is 4.79 Å². The summed E-state index contributed by atoms with van der Waals surface area (Å²) in [6, 6.07) is 7.78. The van der Waals surface area contributed by atoms with E-state index in [0.29, 0.717) is 6.04 Å². The molecule has 130 valence electrons. The van der Waals surface area contributed by atoms with Crippen LogP contribution in [0, 0.1) is 5.92 Å². The number of benzene rings is 1. The zero-order valence-corrected chi connectivity index (χ0v) is 14.1. The Hall–Kier alpha value is -2.08. The Balaban J connectivity index is 1.50. The van der Waals surface area contributed by atoms with Gasteiger partial charge in [-0.2, -0.15) is 0 Å². The van der Waals surface area contributed by atoms with Gasteiger partial charge in [-0.05, 0) is 63.4 Å². The number of amides is 3. The van der Waals surface area contributed by atoms with Gasteiger partial charge < -0.3 is 21.3 Å². The van der Waals surface area contributed by atoms with Crippen molar-refractivity contribution < 1.29 is 9.59 Å². The van der Waals surface area contributed by atoms with Crippen LogP contribution in [0.3, 0.4) is 0 Å². The smallest absolute Gasteiger partial charge is 0.319 e. The van der Waals surface area contributed by atoms with Crippen molar-refractivity contribution in [3.05, 3.63) is 29.8 Å². The van der Waals surface area contributed by atoms with Gasteiger partial charge in [-0.1, -0.05) is 12.1 Å². The molecule has 2 aliphatic rings. The molecule has 0 bridgehead atoms. The summed E-state index contributed by atoms with van der Waals surface area (Å²) in [6.07, 6.45) is 3.94. The molecule has 1 atom stereocenters. The minimum Gasteiger partial charge on any atom is -0.349 e. The molecule has 6 heteroatoms. The molecule has 0 aromatic heterocycles. The quantitative estimate of drug-likeness (QED) is 0.668. The van der Waals surface area contributed by atoms with Crippen molar-refractivity contribution in [2.45, 2.75) is 44.7 Å². The third kappa shape index (κ3) is 4.71. The Bertz CT molecular complexity index is 577. The summed E-state index contributed by atoms with van der Waals surface area (Å²) in [5, 5.41) is 12.1. The Morgan fingerprint density at radius 2 is 1.75 bits per heavy atom. The lowest BCUT2D eigenvalue weighted by molar-refractivity contribution is -0.126. The van der Waals surface area contributed by atoms with Crippen LogP contribution in [0.1, 0.15) is 44.2 Å². The van der Waals surface area contributed by atoms with E-state index in [9.17, 15) is 9.59 Å². The molecular formula is C18H26N4O2. The molecule has 2 fully saturated rings. The van der Waals surface area contributed by atoms with Gasteiger partial charge in [0.2, 0.25) is 5.91 Å². The number of rotatable bonds is 5. The summed E-state index contributed by atoms with van der Waals surface area (Å²) < 4.78 is 0. The highest BCUT2D eigenvalue weighted by molar-refractivity contribution is 5.89. The molecule has 6 nitrogen and oxygen atoms in total. The maximum Gasteiger partial charge on any atom is 0.319 e. The summed E-state index contributed by atoms with van der Waals surface area (Å²) in [4.78, 5) is 24.0. The highest BCUT2D eigenvalue weighted by Gasteiger charge is 2.23. The van der Waals surface area contributed by atoms with E-state index in [0.717, 1.165) is 50.0 Å². The number of anilines is 1. The first-order chi connectivity index (χ1) is 11.6. The number of urea groups is 1. The lowest BCUT2D eigenvalue weighted by Crippen LogP contribution is -2.39. The van der Waals surface area contributed by atoms with Crippen molar-refractivity contribution in [3.63, 3.8) is 0 Å². The van der Waals surface area contributed by atoms with Crippen LogP contribution in [0.25, 0.3) is 0 Å². The SMILES string of the molecule is CC(NC(=O)C1CCNCC1)c1ccc(NC(=O)NC2CC2)cc1. The molecule has 1 aromatic rings. The fourth-order valence-electron chi connectivity index (χ4n) is 2.93. The van der Waals surface area contributed by atoms with Crippen LogP contribution in [0.15, 0.2) is 24.3 Å². The fraction of sp³-hybridized carbons (Fsp3) is 0.556. The predicted octanol–water partition coefficient (Wildman–Crippen LogP) is 2.15. The number of hydrogen-bond donors (Lipinski definition) is 4. The molecule has 1 aliphatic carbocycles. The Morgan fingerprint density at radius 1 is 1.08 bits per heavy atom. The van der Waals surface area contributed by atoms with E-state index in [1.807, 2.05) is 31.2 Å². The number of hydrogen-bond acceptors (Lipinski definition) is 3. The first-order valence-electron chi connectivity index (χ1n) is 8.80. The van der Waals surface area contributed by atoms with Crippen molar-refractivity contribution in [2.75, 3.05) is 18.4 Å². The monoisotopic (exact) mass is 330 g/mol. The minimum absolute atomic E-state index is 0.0401. The molecule has 0 radical (unpaired) electrons. The topological polar surface area (TPSA) is 82.3 Å². The molecule has 3 rings (SSSR count). The van der Waals surface area contributed by atoms with Gasteiger partial charge in [0.1, 0.15) is 0 Å². The van der Waals surface area contributed by atoms with Gasteiger partial charge in [0.05, 0.1) is 6.04 Å². The lowest BCUT2D eigenvalue weighted by atomic mass is 9.96. The van der Waals surface area contributed by atoms with E-state index in [4.69, 9.17) is 0 Å². The Labute approximate surface area is 142 Å². The first kappa shape index (κ1) is 16.8. The van der Waals surface area contributed by atoms with Crippen LogP contribution in [-0.4, -0.2) is 31.1 Å². The molecule has 24 heavy (non-hydrogen) atoms. The van der Waals surface area contributed by atoms with Gasteiger partial charge in [-0.15, -0.1) is 0 Å². The van der Waals surface area contributed by atoms with E-state index in [1.54, 1.807) is 0 Å². The second-order valence-corrected chi connectivity index (χ2v) is 6.75. The molecule has 1 aromatic carbocycles. The zero-order valence-electron chi connectivity index (χ0n) is 14.1. The second-order valence-electron chi connectivity index (χ2n) is 6.75. The van der Waals surface area contributed by atoms with Crippen molar-refractivity contribution in [3.8, 4) is 0 Å². The van der Waals surface area contributed by atoms with Crippen LogP contribution < -0.4 is 21.3 Å². The second kappa shape index (κ2) is 7.66. The third-order valence-electron chi connectivity index (χ3n) is 4.65. The van der Waals surface area contributed by atoms with Crippen molar-refractivity contribution in [1.82, 2.24) is 16.0 Å². The van der Waals surface area contributed by atoms with E-state index < -0.39 is 0 Å². The maximum atomic E-state index is 12.3. The average molecular weight is 330 g/mol. The molecule has 0 spiro atoms. The Kier molecular flexibility index (Phi) is 5.35. The van der Waals surface area contributed by atoms with Gasteiger partial charge in [-0.25, -0.2) is 4.79 Å². The predicted molar refractivity (Wildman–Crippen MR) is 93.8 cm³/mol. The zero-order chi connectivity index (χ0) is 16.9. The summed E-state index contributed by atoms with van der Waals surface area (Å²) in [5.41, 5.74) is 1.79. The van der Waals surface area contributed by atoms with E-state index in [2.05, 4.69) is 21.3 Å². The fourth-order valence-corrected chi connectivity index (χ4v) is 2.93. The van der Waals surface area contributed by atoms with Crippen molar-refractivity contribution >= 4 is 17.6 Å². The first-order valence-corrected chi connectivity index (χ1v) is 8.80. The molecule has 1 aliphatic heterocycles. The molecule has 1 unspecified atom stereocenters. The van der Waals surface area contributed by atoms with Crippen LogP contribution in [0.2, 0.25) is 0 Å². The number of carbonyl (C=O) groups is 2. The van der Waals surface area contributed by atoms with E-state index >= 15 is 0 Å². The number of piperidine rings is 1. The van der Waals surface area contributed by atoms with Crippen LogP contribution in [0.4, 0.5) is 10.5 Å². The summed E-state index contributed by atoms with van der Waals surface area (Å²) >= 11 is 0. The van der Waals surface area contributed by atoms with E-state index in [1.165, 1.54) is 0 Å². The van der Waals surface area contributed by atoms with Gasteiger partial charge in [0, 0.05) is 17.6 Å². The Morgan fingerprint density at radius 3 is 2.38 bits per heavy atom. The largest absolute Gasteiger partial charge is 0.349 e. The van der Waals surface area contributed by atoms with Crippen LogP contribution >= 0.6 is 0 Å². The maximum absolute atomic E-state index is 12.3. The number of carbonyl (C=O) groups excluding carboxylic acids is 2. The van der Waals surface area contributed by atoms with Gasteiger partial charge >= 0.3 is 6.03 Å². The van der Waals surface area contributed by atoms with Gasteiger partial charge in [0.15, 0.2) is 0 Å². The molecule has 1 saturated carbocycles. The lowest BCUT2D eigenvalue weighted by Gasteiger charge is -2.24. The van der Waals surface area contributed by atoms with Crippen LogP contribution in [0.5, 0.6) is 0 Å². The van der Waals surface area contributed by atoms with E-state index in [-0.39, 0.29) is 23.9 Å². The summed E-state index contributed by atoms with van der Waals surface area (Å²) in [6.45, 7) is 3.81. The number of nitrogens with one attached hydrogen (secondary N) is 4. The third-order valence-corrected chi connectivity index (χ3v) is 4.65. The summed E-state index contributed by atoms with van der Waals surface area (Å²) in [5.74, 6) is 0.246. The molecule has 1 heterocycles. The normalized spacial score (nSPS) is 19.4. The van der Waals surface area contributed by atoms with Gasteiger partial charge in [0.25, 0.3) is 0 Å². The highest BCUT2D eigenvalue weighted by atomic mass is 16.2. The minimum atomic E-state index is -0.155. The molecule has 4 N–H and O–H groups in total. The molecule has 3 amide bonds. The summed E-state index contributed by atoms with van der Waals surface area (Å²) in [7, 11) is 0. The highest BCUT2D eigenvalue weighted by Crippen LogP contribution is 2.20. The van der Waals surface area contributed by atoms with Crippen molar-refractivity contribution in [1.29, 1.82) is 0 Å². The molecular weight excluding hydrogens is 304 g/mol. The van der Waals surface area contributed by atoms with Crippen molar-refractivity contribution in [2.24, 2.45) is 5.92 Å². The standard InChI is InChI=1S/C18H26N4O2/c1-12(20-17(23)14-8-10-19-11-9-14)13-2-4-15(5-3-13)21-18(24)22-16-6-7-16/h2-5,12,14,16,19H,6-11H2,1H3,(H,20,23)(H2,21,22,24). The average Bonchev–Trinajstić information content (AvgIpc) is 3.40. The van der Waals surface area contributed by atoms with Crippen LogP contribution in [-0.2, 0) is 4.79 Å². The molecule has 1 saturated heterocycles.